The molecule has 0 amide bonds. The third-order valence-corrected chi connectivity index (χ3v) is 10.3. The van der Waals surface area contributed by atoms with Gasteiger partial charge in [-0.1, -0.05) is 115 Å². The second-order valence-electron chi connectivity index (χ2n) is 13.3. The van der Waals surface area contributed by atoms with Crippen LogP contribution < -0.4 is 5.32 Å². The zero-order valence-electron chi connectivity index (χ0n) is 27.5. The molecule has 10 aromatic rings. The van der Waals surface area contributed by atoms with Gasteiger partial charge in [-0.2, -0.15) is 0 Å². The minimum atomic E-state index is -0.0833. The van der Waals surface area contributed by atoms with Gasteiger partial charge in [0.15, 0.2) is 0 Å². The van der Waals surface area contributed by atoms with Crippen LogP contribution in [0, 0.1) is 0 Å². The van der Waals surface area contributed by atoms with Crippen molar-refractivity contribution in [2.24, 2.45) is 4.99 Å². The molecule has 0 fully saturated rings. The number of benzene rings is 7. The van der Waals surface area contributed by atoms with Gasteiger partial charge in [-0.05, 0) is 54.1 Å². The molecule has 5 heteroatoms. The molecule has 1 unspecified atom stereocenters. The number of para-hydroxylation sites is 3. The van der Waals surface area contributed by atoms with Crippen molar-refractivity contribution in [3.63, 3.8) is 0 Å². The first-order chi connectivity index (χ1) is 25.3. The van der Waals surface area contributed by atoms with Crippen LogP contribution in [0.2, 0.25) is 0 Å². The molecular weight excluding hydrogens is 625 g/mol. The fourth-order valence-corrected chi connectivity index (χ4v) is 8.03. The van der Waals surface area contributed by atoms with Gasteiger partial charge in [-0.15, -0.1) is 0 Å². The van der Waals surface area contributed by atoms with E-state index in [-0.39, 0.29) is 6.04 Å². The highest BCUT2D eigenvalue weighted by Gasteiger charge is 2.25. The Morgan fingerprint density at radius 2 is 1.08 bits per heavy atom. The summed E-state index contributed by atoms with van der Waals surface area (Å²) >= 11 is 0. The normalized spacial score (nSPS) is 14.9. The fourth-order valence-electron chi connectivity index (χ4n) is 8.03. The average molecular weight is 655 g/mol. The van der Waals surface area contributed by atoms with Gasteiger partial charge in [0.1, 0.15) is 11.2 Å². The molecule has 11 rings (SSSR count). The largest absolute Gasteiger partial charge is 0.456 e. The second-order valence-corrected chi connectivity index (χ2v) is 13.3. The van der Waals surface area contributed by atoms with Crippen LogP contribution in [0.25, 0.3) is 76.9 Å². The monoisotopic (exact) mass is 654 g/mol. The van der Waals surface area contributed by atoms with Crippen molar-refractivity contribution in [2.75, 3.05) is 0 Å². The molecule has 0 bridgehead atoms. The third-order valence-electron chi connectivity index (χ3n) is 10.3. The highest BCUT2D eigenvalue weighted by atomic mass is 16.3. The highest BCUT2D eigenvalue weighted by molar-refractivity contribution is 6.24. The number of hydrogen-bond donors (Lipinski definition) is 1. The maximum Gasteiger partial charge on any atom is 0.209 e. The molecule has 0 saturated carbocycles. The first kappa shape index (κ1) is 28.0. The first-order valence-corrected chi connectivity index (χ1v) is 17.3. The van der Waals surface area contributed by atoms with Gasteiger partial charge < -0.3 is 14.3 Å². The molecule has 3 aromatic heterocycles. The van der Waals surface area contributed by atoms with E-state index in [1.165, 1.54) is 21.9 Å². The van der Waals surface area contributed by atoms with E-state index in [1.807, 2.05) is 18.2 Å². The summed E-state index contributed by atoms with van der Waals surface area (Å²) < 4.78 is 11.2. The molecule has 1 atom stereocenters. The predicted molar refractivity (Wildman–Crippen MR) is 211 cm³/mol. The van der Waals surface area contributed by atoms with Crippen molar-refractivity contribution in [2.45, 2.75) is 6.04 Å². The standard InChI is InChI=1S/C46H30N4O/c1-4-14-29(15-5-1)38-27-39(30-16-6-2-7-17-30)48-46(47-38)50-42-25-35-32-20-10-12-22-40(32)49(31-18-8-3-9-19-31)41(35)26-36(42)34-24-37-33-21-11-13-23-44(33)51-45(37)28-43(34)50/h1-28,38H,(H,47,48). The van der Waals surface area contributed by atoms with E-state index < -0.39 is 0 Å². The Labute approximate surface area is 293 Å². The lowest BCUT2D eigenvalue weighted by atomic mass is 10.0. The average Bonchev–Trinajstić information content (AvgIpc) is 3.83. The number of rotatable bonds is 3. The summed E-state index contributed by atoms with van der Waals surface area (Å²) in [6, 6.07) is 57.8. The molecule has 1 N–H and O–H groups in total. The van der Waals surface area contributed by atoms with Crippen LogP contribution in [0.5, 0.6) is 0 Å². The Hall–Kier alpha value is -6.85. The SMILES string of the molecule is C1=C(c2ccccc2)N=C(n2c3cc4oc5ccccc5c4cc3c3cc4c(cc32)c2ccccc2n4-c2ccccc2)NC1c1ccccc1. The van der Waals surface area contributed by atoms with Crippen LogP contribution in [0.4, 0.5) is 0 Å². The van der Waals surface area contributed by atoms with Gasteiger partial charge >= 0.3 is 0 Å². The number of hydrogen-bond acceptors (Lipinski definition) is 3. The maximum absolute atomic E-state index is 6.49. The minimum Gasteiger partial charge on any atom is -0.456 e. The molecule has 51 heavy (non-hydrogen) atoms. The minimum absolute atomic E-state index is 0.0833. The molecule has 5 nitrogen and oxygen atoms in total. The predicted octanol–water partition coefficient (Wildman–Crippen LogP) is 11.4. The van der Waals surface area contributed by atoms with Crippen LogP contribution in [0.3, 0.4) is 0 Å². The highest BCUT2D eigenvalue weighted by Crippen LogP contribution is 2.41. The molecule has 240 valence electrons. The lowest BCUT2D eigenvalue weighted by Gasteiger charge is -2.25. The number of nitrogens with one attached hydrogen (secondary N) is 1. The van der Waals surface area contributed by atoms with Gasteiger partial charge in [0.25, 0.3) is 0 Å². The van der Waals surface area contributed by atoms with E-state index in [2.05, 4.69) is 166 Å². The van der Waals surface area contributed by atoms with Crippen molar-refractivity contribution < 1.29 is 4.42 Å². The Kier molecular flexibility index (Phi) is 5.95. The Bertz CT molecular complexity index is 3040. The van der Waals surface area contributed by atoms with Crippen LogP contribution >= 0.6 is 0 Å². The quantitative estimate of drug-likeness (QED) is 0.206. The fraction of sp³-hybridized carbons (Fsp3) is 0.0217. The first-order valence-electron chi connectivity index (χ1n) is 17.3. The number of nitrogens with zero attached hydrogens (tertiary/aromatic N) is 3. The maximum atomic E-state index is 6.49. The van der Waals surface area contributed by atoms with Gasteiger partial charge in [0.2, 0.25) is 5.96 Å². The van der Waals surface area contributed by atoms with E-state index >= 15 is 0 Å². The van der Waals surface area contributed by atoms with Gasteiger partial charge in [0.05, 0.1) is 33.8 Å². The van der Waals surface area contributed by atoms with Crippen LogP contribution in [-0.4, -0.2) is 15.1 Å². The lowest BCUT2D eigenvalue weighted by Crippen LogP contribution is -2.35. The smallest absolute Gasteiger partial charge is 0.209 e. The molecule has 4 heterocycles. The van der Waals surface area contributed by atoms with E-state index in [4.69, 9.17) is 9.41 Å². The molecule has 0 saturated heterocycles. The second kappa shape index (κ2) is 10.8. The van der Waals surface area contributed by atoms with E-state index in [9.17, 15) is 0 Å². The molecule has 0 radical (unpaired) electrons. The van der Waals surface area contributed by atoms with Crippen molar-refractivity contribution >= 4 is 77.2 Å². The zero-order chi connectivity index (χ0) is 33.5. The van der Waals surface area contributed by atoms with E-state index in [0.29, 0.717) is 0 Å². The summed E-state index contributed by atoms with van der Waals surface area (Å²) in [6.07, 6.45) is 2.23. The van der Waals surface area contributed by atoms with Crippen molar-refractivity contribution in [3.05, 3.63) is 181 Å². The van der Waals surface area contributed by atoms with Crippen LogP contribution in [0.15, 0.2) is 179 Å². The molecule has 7 aromatic carbocycles. The summed E-state index contributed by atoms with van der Waals surface area (Å²) in [5.74, 6) is 0.770. The molecular formula is C46H30N4O. The number of fused-ring (bicyclic) bond motifs is 9. The summed E-state index contributed by atoms with van der Waals surface area (Å²) in [6.45, 7) is 0. The van der Waals surface area contributed by atoms with Gasteiger partial charge in [0, 0.05) is 49.6 Å². The van der Waals surface area contributed by atoms with Gasteiger partial charge in [-0.3, -0.25) is 4.57 Å². The topological polar surface area (TPSA) is 47.4 Å². The Balaban J connectivity index is 1.27. The Morgan fingerprint density at radius 3 is 1.88 bits per heavy atom. The summed E-state index contributed by atoms with van der Waals surface area (Å²) in [4.78, 5) is 5.38. The number of furan rings is 1. The van der Waals surface area contributed by atoms with E-state index in [0.717, 1.165) is 72.2 Å². The summed E-state index contributed by atoms with van der Waals surface area (Å²) in [5.41, 5.74) is 10.5. The number of aromatic nitrogens is 2. The van der Waals surface area contributed by atoms with Crippen LogP contribution in [-0.2, 0) is 0 Å². The molecule has 1 aliphatic rings. The summed E-state index contributed by atoms with van der Waals surface area (Å²) in [5, 5.41) is 10.8. The van der Waals surface area contributed by atoms with E-state index in [1.54, 1.807) is 0 Å². The molecule has 0 aliphatic carbocycles. The Morgan fingerprint density at radius 1 is 0.471 bits per heavy atom. The number of aliphatic imine (C=N–C) groups is 1. The van der Waals surface area contributed by atoms with Crippen molar-refractivity contribution in [3.8, 4) is 5.69 Å². The lowest BCUT2D eigenvalue weighted by molar-refractivity contribution is 0.669. The molecule has 1 aliphatic heterocycles. The summed E-state index contributed by atoms with van der Waals surface area (Å²) in [7, 11) is 0. The van der Waals surface area contributed by atoms with Crippen LogP contribution in [0.1, 0.15) is 17.2 Å². The molecule has 0 spiro atoms. The van der Waals surface area contributed by atoms with Crippen molar-refractivity contribution in [1.82, 2.24) is 14.5 Å². The zero-order valence-corrected chi connectivity index (χ0v) is 27.5. The third kappa shape index (κ3) is 4.25. The van der Waals surface area contributed by atoms with Crippen molar-refractivity contribution in [1.29, 1.82) is 0 Å². The van der Waals surface area contributed by atoms with Gasteiger partial charge in [-0.25, -0.2) is 4.99 Å².